The molecule has 2 aromatic rings. The van der Waals surface area contributed by atoms with E-state index in [4.69, 9.17) is 15.6 Å². The van der Waals surface area contributed by atoms with Crippen molar-refractivity contribution in [3.05, 3.63) is 24.5 Å². The number of aliphatic hydroxyl groups excluding tert-OH is 1. The summed E-state index contributed by atoms with van der Waals surface area (Å²) in [6.45, 7) is 1.52. The third-order valence-corrected chi connectivity index (χ3v) is 2.44. The maximum Gasteiger partial charge on any atom is 0.137 e. The van der Waals surface area contributed by atoms with Crippen molar-refractivity contribution in [2.75, 3.05) is 37.4 Å². The standard InChI is InChI=1S/C12H16N4O2/c13-9-1-2-10-11(7-9)15-8-16-12(10)14-3-5-18-6-4-17/h1-2,7-8,17H,3-6,13H2,(H,14,15,16). The number of aromatic nitrogens is 2. The van der Waals surface area contributed by atoms with Crippen molar-refractivity contribution in [2.45, 2.75) is 0 Å². The number of aliphatic hydroxyl groups is 1. The van der Waals surface area contributed by atoms with Gasteiger partial charge in [0.15, 0.2) is 0 Å². The second-order valence-electron chi connectivity index (χ2n) is 3.76. The number of hydrogen-bond acceptors (Lipinski definition) is 6. The molecule has 0 aliphatic heterocycles. The van der Waals surface area contributed by atoms with Crippen LogP contribution >= 0.6 is 0 Å². The first-order chi connectivity index (χ1) is 8.81. The summed E-state index contributed by atoms with van der Waals surface area (Å²) in [5, 5.41) is 12.7. The number of rotatable bonds is 6. The van der Waals surface area contributed by atoms with E-state index in [2.05, 4.69) is 15.3 Å². The highest BCUT2D eigenvalue weighted by molar-refractivity contribution is 5.90. The van der Waals surface area contributed by atoms with E-state index in [-0.39, 0.29) is 6.61 Å². The van der Waals surface area contributed by atoms with Gasteiger partial charge in [-0.15, -0.1) is 0 Å². The first-order valence-corrected chi connectivity index (χ1v) is 5.74. The molecule has 1 heterocycles. The van der Waals surface area contributed by atoms with Crippen molar-refractivity contribution < 1.29 is 9.84 Å². The summed E-state index contributed by atoms with van der Waals surface area (Å²) in [5.74, 6) is 0.757. The molecule has 6 heteroatoms. The van der Waals surface area contributed by atoms with Crippen LogP contribution in [0.5, 0.6) is 0 Å². The molecule has 0 spiro atoms. The Morgan fingerprint density at radius 3 is 3.00 bits per heavy atom. The quantitative estimate of drug-likeness (QED) is 0.513. The van der Waals surface area contributed by atoms with Crippen LogP contribution < -0.4 is 11.1 Å². The number of nitrogens with one attached hydrogen (secondary N) is 1. The van der Waals surface area contributed by atoms with E-state index in [1.165, 1.54) is 6.33 Å². The first kappa shape index (κ1) is 12.5. The minimum Gasteiger partial charge on any atom is -0.399 e. The predicted octanol–water partition coefficient (Wildman–Crippen LogP) is 0.633. The van der Waals surface area contributed by atoms with Crippen LogP contribution in [0.3, 0.4) is 0 Å². The van der Waals surface area contributed by atoms with Crippen molar-refractivity contribution in [1.29, 1.82) is 0 Å². The van der Waals surface area contributed by atoms with E-state index < -0.39 is 0 Å². The largest absolute Gasteiger partial charge is 0.399 e. The van der Waals surface area contributed by atoms with Crippen molar-refractivity contribution in [2.24, 2.45) is 0 Å². The van der Waals surface area contributed by atoms with Gasteiger partial charge >= 0.3 is 0 Å². The Bertz CT molecular complexity index is 518. The fourth-order valence-electron chi connectivity index (χ4n) is 1.62. The van der Waals surface area contributed by atoms with E-state index >= 15 is 0 Å². The zero-order valence-electron chi connectivity index (χ0n) is 9.97. The summed E-state index contributed by atoms with van der Waals surface area (Å²) >= 11 is 0. The molecule has 0 aliphatic carbocycles. The molecule has 0 fully saturated rings. The summed E-state index contributed by atoms with van der Waals surface area (Å²) in [5.41, 5.74) is 7.19. The van der Waals surface area contributed by atoms with Crippen molar-refractivity contribution in [3.63, 3.8) is 0 Å². The van der Waals surface area contributed by atoms with Gasteiger partial charge in [-0.3, -0.25) is 0 Å². The maximum atomic E-state index is 8.57. The topological polar surface area (TPSA) is 93.3 Å². The van der Waals surface area contributed by atoms with Gasteiger partial charge in [-0.05, 0) is 18.2 Å². The van der Waals surface area contributed by atoms with Gasteiger partial charge < -0.3 is 20.9 Å². The predicted molar refractivity (Wildman–Crippen MR) is 70.3 cm³/mol. The summed E-state index contributed by atoms with van der Waals surface area (Å²) in [6, 6.07) is 5.52. The van der Waals surface area contributed by atoms with Gasteiger partial charge in [0, 0.05) is 17.6 Å². The molecule has 0 saturated carbocycles. The van der Waals surface area contributed by atoms with Gasteiger partial charge in [-0.2, -0.15) is 0 Å². The molecule has 18 heavy (non-hydrogen) atoms. The monoisotopic (exact) mass is 248 g/mol. The molecule has 1 aromatic carbocycles. The normalized spacial score (nSPS) is 10.7. The maximum absolute atomic E-state index is 8.57. The van der Waals surface area contributed by atoms with E-state index in [1.807, 2.05) is 18.2 Å². The third-order valence-electron chi connectivity index (χ3n) is 2.44. The molecule has 96 valence electrons. The highest BCUT2D eigenvalue weighted by Gasteiger charge is 2.02. The lowest BCUT2D eigenvalue weighted by atomic mass is 10.2. The van der Waals surface area contributed by atoms with Crippen LogP contribution in [-0.2, 0) is 4.74 Å². The highest BCUT2D eigenvalue weighted by atomic mass is 16.5. The fraction of sp³-hybridized carbons (Fsp3) is 0.333. The van der Waals surface area contributed by atoms with Gasteiger partial charge in [0.25, 0.3) is 0 Å². The number of fused-ring (bicyclic) bond motifs is 1. The van der Waals surface area contributed by atoms with Crippen LogP contribution in [0.1, 0.15) is 0 Å². The Kier molecular flexibility index (Phi) is 4.27. The van der Waals surface area contributed by atoms with Crippen molar-refractivity contribution >= 4 is 22.4 Å². The van der Waals surface area contributed by atoms with Crippen LogP contribution in [0.15, 0.2) is 24.5 Å². The van der Waals surface area contributed by atoms with Crippen molar-refractivity contribution in [1.82, 2.24) is 9.97 Å². The Morgan fingerprint density at radius 1 is 1.28 bits per heavy atom. The Balaban J connectivity index is 2.04. The highest BCUT2D eigenvalue weighted by Crippen LogP contribution is 2.20. The van der Waals surface area contributed by atoms with Gasteiger partial charge in [0.05, 0.1) is 25.3 Å². The van der Waals surface area contributed by atoms with E-state index in [0.717, 1.165) is 16.7 Å². The molecule has 1 aromatic heterocycles. The lowest BCUT2D eigenvalue weighted by Gasteiger charge is -2.08. The van der Waals surface area contributed by atoms with E-state index in [1.54, 1.807) is 0 Å². The summed E-state index contributed by atoms with van der Waals surface area (Å²) < 4.78 is 5.16. The average Bonchev–Trinajstić information content (AvgIpc) is 2.38. The lowest BCUT2D eigenvalue weighted by molar-refractivity contribution is 0.0992. The third kappa shape index (κ3) is 3.06. The van der Waals surface area contributed by atoms with Crippen LogP contribution in [0.4, 0.5) is 11.5 Å². The number of nitrogens with two attached hydrogens (primary N) is 1. The molecule has 0 atom stereocenters. The van der Waals surface area contributed by atoms with Gasteiger partial charge in [0.1, 0.15) is 12.1 Å². The van der Waals surface area contributed by atoms with Crippen LogP contribution in [0, 0.1) is 0 Å². The Hall–Kier alpha value is -1.92. The van der Waals surface area contributed by atoms with Crippen molar-refractivity contribution in [3.8, 4) is 0 Å². The fourth-order valence-corrected chi connectivity index (χ4v) is 1.62. The molecule has 0 amide bonds. The van der Waals surface area contributed by atoms with Crippen LogP contribution in [0.2, 0.25) is 0 Å². The Labute approximate surface area is 105 Å². The number of benzene rings is 1. The Morgan fingerprint density at radius 2 is 2.17 bits per heavy atom. The van der Waals surface area contributed by atoms with Crippen LogP contribution in [0.25, 0.3) is 10.9 Å². The zero-order valence-corrected chi connectivity index (χ0v) is 9.97. The molecule has 6 nitrogen and oxygen atoms in total. The summed E-state index contributed by atoms with van der Waals surface area (Å²) in [7, 11) is 0. The number of nitrogens with zero attached hydrogens (tertiary/aromatic N) is 2. The lowest BCUT2D eigenvalue weighted by Crippen LogP contribution is -2.12. The van der Waals surface area contributed by atoms with E-state index in [9.17, 15) is 0 Å². The molecular weight excluding hydrogens is 232 g/mol. The summed E-state index contributed by atoms with van der Waals surface area (Å²) in [4.78, 5) is 8.35. The number of ether oxygens (including phenoxy) is 1. The molecule has 0 radical (unpaired) electrons. The number of nitrogen functional groups attached to an aromatic ring is 1. The molecule has 0 saturated heterocycles. The smallest absolute Gasteiger partial charge is 0.137 e. The minimum atomic E-state index is 0.0374. The van der Waals surface area contributed by atoms with E-state index in [0.29, 0.717) is 25.4 Å². The SMILES string of the molecule is Nc1ccc2c(NCCOCCO)ncnc2c1. The van der Waals surface area contributed by atoms with Gasteiger partial charge in [-0.1, -0.05) is 0 Å². The van der Waals surface area contributed by atoms with Crippen LogP contribution in [-0.4, -0.2) is 41.4 Å². The first-order valence-electron chi connectivity index (χ1n) is 5.74. The number of hydrogen-bond donors (Lipinski definition) is 3. The second-order valence-corrected chi connectivity index (χ2v) is 3.76. The molecule has 2 rings (SSSR count). The molecule has 0 bridgehead atoms. The molecular formula is C12H16N4O2. The van der Waals surface area contributed by atoms with Gasteiger partial charge in [-0.25, -0.2) is 9.97 Å². The molecule has 0 unspecified atom stereocenters. The second kappa shape index (κ2) is 6.13. The molecule has 4 N–H and O–H groups in total. The summed E-state index contributed by atoms with van der Waals surface area (Å²) in [6.07, 6.45) is 1.50. The number of anilines is 2. The minimum absolute atomic E-state index is 0.0374. The van der Waals surface area contributed by atoms with Gasteiger partial charge in [0.2, 0.25) is 0 Å². The zero-order chi connectivity index (χ0) is 12.8. The molecule has 0 aliphatic rings. The average molecular weight is 248 g/mol.